The van der Waals surface area contributed by atoms with Gasteiger partial charge in [0, 0.05) is 11.8 Å². The number of fused-ring (bicyclic) bond motifs is 2. The smallest absolute Gasteiger partial charge is 0.298 e. The molecule has 0 heterocycles. The van der Waals surface area contributed by atoms with Gasteiger partial charge in [0.05, 0.1) is 5.92 Å². The van der Waals surface area contributed by atoms with Gasteiger partial charge in [0.2, 0.25) is 0 Å². The van der Waals surface area contributed by atoms with Crippen molar-refractivity contribution in [2.45, 2.75) is 12.6 Å². The first-order valence-corrected chi connectivity index (χ1v) is 3.79. The molecule has 0 spiro atoms. The summed E-state index contributed by atoms with van der Waals surface area (Å²) >= 11 is 0. The fraction of sp³-hybridized carbons (Fsp3) is 0.625. The van der Waals surface area contributed by atoms with Crippen molar-refractivity contribution in [1.29, 1.82) is 0 Å². The molecule has 1 nitrogen and oxygen atoms in total. The zero-order valence-electron chi connectivity index (χ0n) is 6.14. The number of rotatable bonds is 0. The molecule has 0 aliphatic heterocycles. The van der Waals surface area contributed by atoms with E-state index in [0.29, 0.717) is 0 Å². The molecule has 1 fully saturated rings. The third-order valence-corrected chi connectivity index (χ3v) is 2.61. The number of allylic oxidation sites excluding steroid dienone is 2. The second-order valence-electron chi connectivity index (χ2n) is 3.30. The lowest BCUT2D eigenvalue weighted by atomic mass is 9.93. The summed E-state index contributed by atoms with van der Waals surface area (Å²) in [4.78, 5) is 11.1. The number of alkyl halides is 3. The summed E-state index contributed by atoms with van der Waals surface area (Å²) in [6, 6.07) is 0. The molecule has 2 bridgehead atoms. The fourth-order valence-corrected chi connectivity index (χ4v) is 1.98. The van der Waals surface area contributed by atoms with E-state index in [1.165, 1.54) is 6.08 Å². The number of carbonyl (C=O) groups excluding carboxylic acids is 1. The first-order valence-electron chi connectivity index (χ1n) is 3.79. The molecule has 66 valence electrons. The van der Waals surface area contributed by atoms with Gasteiger partial charge in [0.15, 0.2) is 0 Å². The maximum absolute atomic E-state index is 12.2. The maximum atomic E-state index is 12.2. The van der Waals surface area contributed by atoms with E-state index >= 15 is 0 Å². The quantitative estimate of drug-likeness (QED) is 0.515. The van der Waals surface area contributed by atoms with Gasteiger partial charge in [-0.1, -0.05) is 12.2 Å². The summed E-state index contributed by atoms with van der Waals surface area (Å²) in [6.45, 7) is 0. The molecule has 3 unspecified atom stereocenters. The maximum Gasteiger partial charge on any atom is 0.392 e. The summed E-state index contributed by atoms with van der Waals surface area (Å²) in [5, 5.41) is 0. The number of hydrogen-bond donors (Lipinski definition) is 0. The Morgan fingerprint density at radius 2 is 2.00 bits per heavy atom. The monoisotopic (exact) mass is 176 g/mol. The van der Waals surface area contributed by atoms with E-state index in [-0.39, 0.29) is 12.2 Å². The van der Waals surface area contributed by atoms with Gasteiger partial charge in [-0.2, -0.15) is 13.2 Å². The number of Topliss-reactive ketones (excluding diaryl/α,β-unsaturated/α-hetero) is 1. The van der Waals surface area contributed by atoms with E-state index < -0.39 is 23.9 Å². The molecular weight excluding hydrogens is 169 g/mol. The molecule has 0 saturated heterocycles. The number of halogens is 3. The molecule has 0 aromatic heterocycles. The molecule has 0 amide bonds. The van der Waals surface area contributed by atoms with Crippen LogP contribution in [0.15, 0.2) is 12.2 Å². The molecule has 12 heavy (non-hydrogen) atoms. The number of carbonyl (C=O) groups is 1. The van der Waals surface area contributed by atoms with Gasteiger partial charge in [-0.05, 0) is 6.42 Å². The largest absolute Gasteiger partial charge is 0.392 e. The Morgan fingerprint density at radius 1 is 1.33 bits per heavy atom. The lowest BCUT2D eigenvalue weighted by molar-refractivity contribution is -0.181. The minimum Gasteiger partial charge on any atom is -0.298 e. The number of hydrogen-bond acceptors (Lipinski definition) is 1. The fourth-order valence-electron chi connectivity index (χ4n) is 1.98. The van der Waals surface area contributed by atoms with Crippen molar-refractivity contribution in [1.82, 2.24) is 0 Å². The van der Waals surface area contributed by atoms with Crippen LogP contribution in [0.2, 0.25) is 0 Å². The van der Waals surface area contributed by atoms with E-state index in [9.17, 15) is 18.0 Å². The molecule has 0 aromatic rings. The highest BCUT2D eigenvalue weighted by Gasteiger charge is 2.55. The van der Waals surface area contributed by atoms with E-state index in [2.05, 4.69) is 0 Å². The van der Waals surface area contributed by atoms with Crippen LogP contribution in [0.5, 0.6) is 0 Å². The molecule has 4 heteroatoms. The molecule has 2 aliphatic carbocycles. The highest BCUT2D eigenvalue weighted by molar-refractivity contribution is 5.91. The van der Waals surface area contributed by atoms with Crippen molar-refractivity contribution in [3.05, 3.63) is 12.2 Å². The van der Waals surface area contributed by atoms with Gasteiger partial charge in [0.25, 0.3) is 0 Å². The van der Waals surface area contributed by atoms with Crippen LogP contribution in [-0.4, -0.2) is 12.0 Å². The van der Waals surface area contributed by atoms with Crippen LogP contribution in [0.3, 0.4) is 0 Å². The van der Waals surface area contributed by atoms with Crippen LogP contribution >= 0.6 is 0 Å². The Morgan fingerprint density at radius 3 is 2.25 bits per heavy atom. The van der Waals surface area contributed by atoms with Crippen LogP contribution in [0.1, 0.15) is 6.42 Å². The zero-order valence-corrected chi connectivity index (χ0v) is 6.14. The third-order valence-electron chi connectivity index (χ3n) is 2.61. The Kier molecular flexibility index (Phi) is 1.38. The number of ketones is 1. The van der Waals surface area contributed by atoms with Gasteiger partial charge < -0.3 is 0 Å². The standard InChI is InChI=1S/C8H7F3O/c9-8(10,11)6-3-4-1-2-5(6)7(4)12/h1-2,4-6H,3H2. The van der Waals surface area contributed by atoms with Crippen LogP contribution in [-0.2, 0) is 4.79 Å². The van der Waals surface area contributed by atoms with Crippen molar-refractivity contribution in [2.75, 3.05) is 0 Å². The van der Waals surface area contributed by atoms with Crippen molar-refractivity contribution in [3.63, 3.8) is 0 Å². The first-order chi connectivity index (χ1) is 5.50. The van der Waals surface area contributed by atoms with Crippen LogP contribution < -0.4 is 0 Å². The summed E-state index contributed by atoms with van der Waals surface area (Å²) in [5.74, 6) is -3.01. The van der Waals surface area contributed by atoms with Crippen LogP contribution in [0.25, 0.3) is 0 Å². The van der Waals surface area contributed by atoms with Crippen molar-refractivity contribution >= 4 is 5.78 Å². The average molecular weight is 176 g/mol. The van der Waals surface area contributed by atoms with Crippen LogP contribution in [0.4, 0.5) is 13.2 Å². The van der Waals surface area contributed by atoms with Gasteiger partial charge in [-0.15, -0.1) is 0 Å². The van der Waals surface area contributed by atoms with E-state index in [1.807, 2.05) is 0 Å². The van der Waals surface area contributed by atoms with E-state index in [4.69, 9.17) is 0 Å². The highest BCUT2D eigenvalue weighted by Crippen LogP contribution is 2.48. The van der Waals surface area contributed by atoms with Gasteiger partial charge in [-0.3, -0.25) is 4.79 Å². The van der Waals surface area contributed by atoms with Crippen molar-refractivity contribution in [2.24, 2.45) is 17.8 Å². The summed E-state index contributed by atoms with van der Waals surface area (Å²) in [7, 11) is 0. The molecule has 0 radical (unpaired) electrons. The summed E-state index contributed by atoms with van der Waals surface area (Å²) in [5.41, 5.74) is 0. The van der Waals surface area contributed by atoms with Crippen molar-refractivity contribution < 1.29 is 18.0 Å². The molecule has 1 saturated carbocycles. The van der Waals surface area contributed by atoms with Crippen molar-refractivity contribution in [3.8, 4) is 0 Å². The topological polar surface area (TPSA) is 17.1 Å². The van der Waals surface area contributed by atoms with E-state index in [1.54, 1.807) is 6.08 Å². The highest BCUT2D eigenvalue weighted by atomic mass is 19.4. The minimum absolute atomic E-state index is 0.0382. The lowest BCUT2D eigenvalue weighted by Gasteiger charge is -2.19. The lowest BCUT2D eigenvalue weighted by Crippen LogP contribution is -2.27. The molecule has 2 aliphatic rings. The average Bonchev–Trinajstić information content (AvgIpc) is 2.45. The normalized spacial score (nSPS) is 39.6. The Labute approximate surface area is 67.3 Å². The minimum atomic E-state index is -4.21. The second kappa shape index (κ2) is 2.12. The molecule has 3 atom stereocenters. The Balaban J connectivity index is 2.25. The Hall–Kier alpha value is -0.800. The predicted molar refractivity (Wildman–Crippen MR) is 35.3 cm³/mol. The summed E-state index contributed by atoms with van der Waals surface area (Å²) < 4.78 is 36.6. The predicted octanol–water partition coefficient (Wildman–Crippen LogP) is 1.94. The van der Waals surface area contributed by atoms with Crippen LogP contribution in [0, 0.1) is 17.8 Å². The molecule has 0 aromatic carbocycles. The SMILES string of the molecule is O=C1C2C=CC1C(C(F)(F)F)C2. The van der Waals surface area contributed by atoms with Gasteiger partial charge >= 0.3 is 6.18 Å². The van der Waals surface area contributed by atoms with Gasteiger partial charge in [-0.25, -0.2) is 0 Å². The first kappa shape index (κ1) is 7.83. The molecule has 0 N–H and O–H groups in total. The molecule has 2 rings (SSSR count). The van der Waals surface area contributed by atoms with Gasteiger partial charge in [0.1, 0.15) is 5.78 Å². The van der Waals surface area contributed by atoms with E-state index in [0.717, 1.165) is 0 Å². The Bertz CT molecular complexity index is 254. The summed E-state index contributed by atoms with van der Waals surface area (Å²) in [6.07, 6.45) is -1.26. The zero-order chi connectivity index (χ0) is 8.93. The third kappa shape index (κ3) is 0.901. The second-order valence-corrected chi connectivity index (χ2v) is 3.30. The molecular formula is C8H7F3O.